The predicted molar refractivity (Wildman–Crippen MR) is 115 cm³/mol. The molecular formula is C19H38IN3O2. The number of nitrogens with one attached hydrogen (secondary N) is 2. The van der Waals surface area contributed by atoms with E-state index in [4.69, 9.17) is 9.73 Å². The van der Waals surface area contributed by atoms with Crippen LogP contribution in [0, 0.1) is 17.3 Å². The number of rotatable bonds is 5. The first-order chi connectivity index (χ1) is 11.4. The average molecular weight is 467 g/mol. The van der Waals surface area contributed by atoms with E-state index in [1.807, 2.05) is 0 Å². The zero-order valence-electron chi connectivity index (χ0n) is 16.4. The minimum Gasteiger partial charge on any atom is -0.393 e. The molecule has 2 fully saturated rings. The van der Waals surface area contributed by atoms with Gasteiger partial charge < -0.3 is 20.5 Å². The molecule has 1 aliphatic carbocycles. The second-order valence-electron chi connectivity index (χ2n) is 8.42. The number of halogens is 1. The molecule has 2 rings (SSSR count). The van der Waals surface area contributed by atoms with Crippen LogP contribution >= 0.6 is 24.0 Å². The van der Waals surface area contributed by atoms with Gasteiger partial charge in [-0.2, -0.15) is 0 Å². The Morgan fingerprint density at radius 3 is 2.44 bits per heavy atom. The molecule has 4 atom stereocenters. The maximum Gasteiger partial charge on any atom is 0.191 e. The zero-order chi connectivity index (χ0) is 17.6. The highest BCUT2D eigenvalue weighted by Crippen LogP contribution is 2.34. The molecule has 148 valence electrons. The van der Waals surface area contributed by atoms with Gasteiger partial charge in [-0.15, -0.1) is 24.0 Å². The first kappa shape index (κ1) is 23.0. The maximum atomic E-state index is 9.97. The number of hydrogen-bond donors (Lipinski definition) is 3. The summed E-state index contributed by atoms with van der Waals surface area (Å²) in [6, 6.07) is 0. The van der Waals surface area contributed by atoms with Crippen molar-refractivity contribution in [2.75, 3.05) is 26.2 Å². The summed E-state index contributed by atoms with van der Waals surface area (Å²) in [7, 11) is 0. The molecule has 1 heterocycles. The number of nitrogens with zero attached hydrogens (tertiary/aromatic N) is 1. The second kappa shape index (κ2) is 10.9. The topological polar surface area (TPSA) is 65.9 Å². The molecule has 0 radical (unpaired) electrons. The number of ether oxygens (including phenoxy) is 1. The van der Waals surface area contributed by atoms with E-state index in [0.717, 1.165) is 57.9 Å². The maximum absolute atomic E-state index is 9.97. The molecule has 0 spiro atoms. The molecule has 0 amide bonds. The Kier molecular flexibility index (Phi) is 10.0. The summed E-state index contributed by atoms with van der Waals surface area (Å²) in [6.45, 7) is 12.2. The van der Waals surface area contributed by atoms with E-state index in [0.29, 0.717) is 11.8 Å². The van der Waals surface area contributed by atoms with Crippen molar-refractivity contribution in [2.45, 2.75) is 72.0 Å². The van der Waals surface area contributed by atoms with Gasteiger partial charge in [0.15, 0.2) is 5.96 Å². The lowest BCUT2D eigenvalue weighted by Crippen LogP contribution is -2.43. The van der Waals surface area contributed by atoms with Gasteiger partial charge in [-0.3, -0.25) is 4.99 Å². The molecule has 6 heteroatoms. The van der Waals surface area contributed by atoms with Crippen LogP contribution in [0.1, 0.15) is 59.8 Å². The molecule has 0 aromatic carbocycles. The monoisotopic (exact) mass is 467 g/mol. The summed E-state index contributed by atoms with van der Waals surface area (Å²) < 4.78 is 6.06. The smallest absolute Gasteiger partial charge is 0.191 e. The number of aliphatic hydroxyl groups is 1. The summed E-state index contributed by atoms with van der Waals surface area (Å²) in [5.41, 5.74) is 0.153. The van der Waals surface area contributed by atoms with Crippen LogP contribution in [0.3, 0.4) is 0 Å². The van der Waals surface area contributed by atoms with E-state index in [1.165, 1.54) is 6.42 Å². The van der Waals surface area contributed by atoms with Crippen molar-refractivity contribution in [1.82, 2.24) is 10.6 Å². The normalized spacial score (nSPS) is 30.7. The molecule has 5 nitrogen and oxygen atoms in total. The SMILES string of the molecule is CCNC(=NCC1CCCOC1C(C)(C)C)NCC1CCCC1O.I. The van der Waals surface area contributed by atoms with E-state index in [9.17, 15) is 5.11 Å². The van der Waals surface area contributed by atoms with Crippen molar-refractivity contribution in [3.05, 3.63) is 0 Å². The molecule has 1 aliphatic heterocycles. The Morgan fingerprint density at radius 2 is 1.84 bits per heavy atom. The van der Waals surface area contributed by atoms with Gasteiger partial charge in [0.05, 0.1) is 12.2 Å². The van der Waals surface area contributed by atoms with Gasteiger partial charge in [0.1, 0.15) is 0 Å². The third-order valence-corrected chi connectivity index (χ3v) is 5.28. The Morgan fingerprint density at radius 1 is 1.12 bits per heavy atom. The van der Waals surface area contributed by atoms with Gasteiger partial charge >= 0.3 is 0 Å². The third-order valence-electron chi connectivity index (χ3n) is 5.28. The fourth-order valence-corrected chi connectivity index (χ4v) is 4.02. The largest absolute Gasteiger partial charge is 0.393 e. The van der Waals surface area contributed by atoms with E-state index in [2.05, 4.69) is 38.3 Å². The number of hydrogen-bond acceptors (Lipinski definition) is 3. The highest BCUT2D eigenvalue weighted by atomic mass is 127. The second-order valence-corrected chi connectivity index (χ2v) is 8.42. The number of aliphatic hydroxyl groups excluding tert-OH is 1. The van der Waals surface area contributed by atoms with Crippen molar-refractivity contribution in [2.24, 2.45) is 22.2 Å². The fourth-order valence-electron chi connectivity index (χ4n) is 4.02. The van der Waals surface area contributed by atoms with Crippen LogP contribution in [0.4, 0.5) is 0 Å². The lowest BCUT2D eigenvalue weighted by Gasteiger charge is -2.39. The number of aliphatic imine (C=N–C) groups is 1. The van der Waals surface area contributed by atoms with Gasteiger partial charge in [0, 0.05) is 38.1 Å². The highest BCUT2D eigenvalue weighted by Gasteiger charge is 2.35. The molecule has 1 saturated carbocycles. The van der Waals surface area contributed by atoms with Crippen LogP contribution in [0.15, 0.2) is 4.99 Å². The van der Waals surface area contributed by atoms with Gasteiger partial charge in [-0.1, -0.05) is 27.2 Å². The van der Waals surface area contributed by atoms with E-state index >= 15 is 0 Å². The standard InChI is InChI=1S/C19H37N3O2.HI/c1-5-20-18(21-12-14-8-6-10-16(14)23)22-13-15-9-7-11-24-17(15)19(2,3)4;/h14-17,23H,5-13H2,1-4H3,(H2,20,21,22);1H. The average Bonchev–Trinajstić information content (AvgIpc) is 2.94. The zero-order valence-corrected chi connectivity index (χ0v) is 18.7. The molecular weight excluding hydrogens is 429 g/mol. The van der Waals surface area contributed by atoms with Gasteiger partial charge in [-0.05, 0) is 38.0 Å². The molecule has 0 aromatic heterocycles. The first-order valence-corrected chi connectivity index (χ1v) is 9.73. The molecule has 1 saturated heterocycles. The van der Waals surface area contributed by atoms with Gasteiger partial charge in [0.2, 0.25) is 0 Å². The molecule has 2 aliphatic rings. The summed E-state index contributed by atoms with van der Waals surface area (Å²) in [4.78, 5) is 4.82. The van der Waals surface area contributed by atoms with Crippen molar-refractivity contribution in [3.8, 4) is 0 Å². The Hall–Kier alpha value is -0.0800. The molecule has 4 unspecified atom stereocenters. The van der Waals surface area contributed by atoms with Crippen LogP contribution in [0.5, 0.6) is 0 Å². The van der Waals surface area contributed by atoms with Crippen molar-refractivity contribution >= 4 is 29.9 Å². The molecule has 0 aromatic rings. The number of guanidine groups is 1. The van der Waals surface area contributed by atoms with Crippen LogP contribution < -0.4 is 10.6 Å². The molecule has 25 heavy (non-hydrogen) atoms. The lowest BCUT2D eigenvalue weighted by molar-refractivity contribution is -0.0823. The van der Waals surface area contributed by atoms with Crippen molar-refractivity contribution < 1.29 is 9.84 Å². The Balaban J connectivity index is 0.00000312. The minimum atomic E-state index is -0.155. The van der Waals surface area contributed by atoms with Crippen molar-refractivity contribution in [3.63, 3.8) is 0 Å². The Bertz CT molecular complexity index is 412. The summed E-state index contributed by atoms with van der Waals surface area (Å²) in [5.74, 6) is 1.70. The van der Waals surface area contributed by atoms with E-state index in [-0.39, 0.29) is 41.6 Å². The van der Waals surface area contributed by atoms with Crippen LogP contribution in [0.25, 0.3) is 0 Å². The van der Waals surface area contributed by atoms with E-state index < -0.39 is 0 Å². The quantitative estimate of drug-likeness (QED) is 0.330. The summed E-state index contributed by atoms with van der Waals surface area (Å²) in [6.07, 6.45) is 5.61. The van der Waals surface area contributed by atoms with Crippen LogP contribution in [0.2, 0.25) is 0 Å². The fraction of sp³-hybridized carbons (Fsp3) is 0.947. The van der Waals surface area contributed by atoms with Crippen LogP contribution in [-0.2, 0) is 4.74 Å². The predicted octanol–water partition coefficient (Wildman–Crippen LogP) is 3.16. The summed E-state index contributed by atoms with van der Waals surface area (Å²) >= 11 is 0. The van der Waals surface area contributed by atoms with Crippen LogP contribution in [-0.4, -0.2) is 49.5 Å². The third kappa shape index (κ3) is 7.21. The van der Waals surface area contributed by atoms with Gasteiger partial charge in [-0.25, -0.2) is 0 Å². The van der Waals surface area contributed by atoms with Gasteiger partial charge in [0.25, 0.3) is 0 Å². The highest BCUT2D eigenvalue weighted by molar-refractivity contribution is 14.0. The van der Waals surface area contributed by atoms with Crippen molar-refractivity contribution in [1.29, 1.82) is 0 Å². The lowest BCUT2D eigenvalue weighted by atomic mass is 9.78. The first-order valence-electron chi connectivity index (χ1n) is 9.73. The van der Waals surface area contributed by atoms with E-state index in [1.54, 1.807) is 0 Å². The minimum absolute atomic E-state index is 0. The Labute approximate surface area is 170 Å². The molecule has 3 N–H and O–H groups in total. The summed E-state index contributed by atoms with van der Waals surface area (Å²) in [5, 5.41) is 16.7. The molecule has 0 bridgehead atoms.